The zero-order chi connectivity index (χ0) is 30.1. The van der Waals surface area contributed by atoms with Crippen molar-refractivity contribution < 1.29 is 26.7 Å². The minimum absolute atomic E-state index is 0.0225. The van der Waals surface area contributed by atoms with Gasteiger partial charge in [0, 0.05) is 44.8 Å². The number of benzene rings is 3. The molecule has 226 valence electrons. The van der Waals surface area contributed by atoms with Crippen LogP contribution in [-0.2, 0) is 23.1 Å². The van der Waals surface area contributed by atoms with E-state index in [1.54, 1.807) is 12.1 Å². The number of likely N-dealkylation sites (tertiary alicyclic amines) is 1. The number of halogens is 2. The van der Waals surface area contributed by atoms with Gasteiger partial charge in [0.1, 0.15) is 23.1 Å². The number of carbonyl (C=O) groups excluding carboxylic acids is 1. The van der Waals surface area contributed by atoms with Gasteiger partial charge >= 0.3 is 6.03 Å². The molecule has 8 nitrogen and oxygen atoms in total. The summed E-state index contributed by atoms with van der Waals surface area (Å²) in [5.41, 5.74) is 2.07. The van der Waals surface area contributed by atoms with E-state index in [0.29, 0.717) is 24.5 Å². The molecule has 1 aliphatic rings. The van der Waals surface area contributed by atoms with Crippen molar-refractivity contribution in [2.45, 2.75) is 51.7 Å². The highest BCUT2D eigenvalue weighted by Gasteiger charge is 2.25. The minimum atomic E-state index is -3.25. The maximum Gasteiger partial charge on any atom is 0.322 e. The topological polar surface area (TPSA) is 91.0 Å². The highest BCUT2D eigenvalue weighted by Crippen LogP contribution is 2.24. The molecule has 4 rings (SSSR count). The lowest BCUT2D eigenvalue weighted by atomic mass is 10.0. The number of nitrogens with zero attached hydrogens (tertiary/aromatic N) is 2. The van der Waals surface area contributed by atoms with Gasteiger partial charge in [0.25, 0.3) is 0 Å². The molecule has 0 bridgehead atoms. The van der Waals surface area contributed by atoms with Crippen molar-refractivity contribution in [3.05, 3.63) is 89.5 Å². The van der Waals surface area contributed by atoms with E-state index < -0.39 is 21.7 Å². The van der Waals surface area contributed by atoms with Crippen LogP contribution < -0.4 is 19.7 Å². The van der Waals surface area contributed by atoms with E-state index in [9.17, 15) is 22.0 Å². The van der Waals surface area contributed by atoms with E-state index in [1.807, 2.05) is 43.3 Å². The summed E-state index contributed by atoms with van der Waals surface area (Å²) < 4.78 is 58.8. The molecular weight excluding hydrogens is 562 g/mol. The Kier molecular flexibility index (Phi) is 10.9. The smallest absolute Gasteiger partial charge is 0.322 e. The molecule has 1 heterocycles. The van der Waals surface area contributed by atoms with Crippen molar-refractivity contribution in [1.82, 2.24) is 14.9 Å². The third-order valence-electron chi connectivity index (χ3n) is 7.12. The molecule has 0 spiro atoms. The maximum atomic E-state index is 14.4. The first-order chi connectivity index (χ1) is 20.1. The second-order valence-electron chi connectivity index (χ2n) is 10.6. The van der Waals surface area contributed by atoms with Crippen molar-refractivity contribution in [3.8, 4) is 11.5 Å². The number of hydrogen-bond donors (Lipinski definition) is 2. The number of hydrogen-bond acceptors (Lipinski definition) is 5. The number of sulfonamides is 1. The summed E-state index contributed by atoms with van der Waals surface area (Å²) >= 11 is 0. The monoisotopic (exact) mass is 600 g/mol. The average molecular weight is 601 g/mol. The van der Waals surface area contributed by atoms with E-state index >= 15 is 0 Å². The molecule has 1 aliphatic heterocycles. The number of unbranched alkanes of at least 4 members (excludes halogenated alkanes) is 1. The van der Waals surface area contributed by atoms with Crippen molar-refractivity contribution >= 4 is 21.7 Å². The maximum absolute atomic E-state index is 14.4. The Morgan fingerprint density at radius 3 is 2.17 bits per heavy atom. The Hall–Kier alpha value is -3.54. The number of amides is 2. The van der Waals surface area contributed by atoms with E-state index in [-0.39, 0.29) is 24.3 Å². The molecule has 11 heteroatoms. The van der Waals surface area contributed by atoms with Crippen LogP contribution in [0.4, 0.5) is 19.3 Å². The third kappa shape index (κ3) is 9.50. The molecule has 0 unspecified atom stereocenters. The van der Waals surface area contributed by atoms with Crippen LogP contribution in [0.2, 0.25) is 0 Å². The molecule has 0 atom stereocenters. The normalized spacial score (nSPS) is 14.5. The Bertz CT molecular complexity index is 1430. The number of nitrogens with one attached hydrogen (secondary N) is 2. The molecule has 3 aromatic rings. The van der Waals surface area contributed by atoms with Gasteiger partial charge in [-0.25, -0.2) is 26.7 Å². The fourth-order valence-corrected chi connectivity index (χ4v) is 5.21. The minimum Gasteiger partial charge on any atom is -0.457 e. The highest BCUT2D eigenvalue weighted by atomic mass is 32.2. The van der Waals surface area contributed by atoms with Gasteiger partial charge in [-0.05, 0) is 66.8 Å². The SMILES string of the molecule is CCCCN(C(=O)NC1CCN(Cc2ccc(Oc3ccc(CNS(C)(=O)=O)cc3)cc2)CC1)c1ccc(F)cc1F. The molecule has 2 amide bonds. The van der Waals surface area contributed by atoms with Crippen LogP contribution in [0, 0.1) is 11.6 Å². The Morgan fingerprint density at radius 1 is 0.976 bits per heavy atom. The largest absolute Gasteiger partial charge is 0.457 e. The predicted molar refractivity (Wildman–Crippen MR) is 160 cm³/mol. The molecule has 0 radical (unpaired) electrons. The van der Waals surface area contributed by atoms with Gasteiger partial charge in [-0.3, -0.25) is 9.80 Å². The fraction of sp³-hybridized carbons (Fsp3) is 0.387. The van der Waals surface area contributed by atoms with Gasteiger partial charge in [0.2, 0.25) is 10.0 Å². The lowest BCUT2D eigenvalue weighted by Crippen LogP contribution is -2.49. The van der Waals surface area contributed by atoms with Gasteiger partial charge in [-0.15, -0.1) is 0 Å². The van der Waals surface area contributed by atoms with Crippen LogP contribution in [0.15, 0.2) is 66.7 Å². The zero-order valence-electron chi connectivity index (χ0n) is 24.0. The number of rotatable bonds is 12. The Balaban J connectivity index is 1.24. The summed E-state index contributed by atoms with van der Waals surface area (Å²) in [7, 11) is -3.25. The first kappa shape index (κ1) is 31.4. The van der Waals surface area contributed by atoms with E-state index in [2.05, 4.69) is 14.9 Å². The summed E-state index contributed by atoms with van der Waals surface area (Å²) in [6.45, 7) is 4.97. The average Bonchev–Trinajstić information content (AvgIpc) is 2.95. The molecule has 3 aromatic carbocycles. The summed E-state index contributed by atoms with van der Waals surface area (Å²) in [6, 6.07) is 18.0. The van der Waals surface area contributed by atoms with Crippen LogP contribution in [0.25, 0.3) is 0 Å². The number of carbonyl (C=O) groups is 1. The summed E-state index contributed by atoms with van der Waals surface area (Å²) in [6.07, 6.45) is 4.23. The van der Waals surface area contributed by atoms with Crippen molar-refractivity contribution in [2.24, 2.45) is 0 Å². The van der Waals surface area contributed by atoms with Gasteiger partial charge in [-0.1, -0.05) is 37.6 Å². The van der Waals surface area contributed by atoms with Crippen molar-refractivity contribution in [2.75, 3.05) is 30.8 Å². The number of ether oxygens (including phenoxy) is 1. The molecule has 0 aliphatic carbocycles. The molecule has 2 N–H and O–H groups in total. The molecule has 0 saturated carbocycles. The molecule has 1 saturated heterocycles. The summed E-state index contributed by atoms with van der Waals surface area (Å²) in [5.74, 6) is -0.0580. The molecular formula is C31H38F2N4O4S. The van der Waals surface area contributed by atoms with Gasteiger partial charge < -0.3 is 10.1 Å². The zero-order valence-corrected chi connectivity index (χ0v) is 24.8. The second-order valence-corrected chi connectivity index (χ2v) is 12.4. The number of urea groups is 1. The van der Waals surface area contributed by atoms with Crippen LogP contribution in [0.3, 0.4) is 0 Å². The first-order valence-electron chi connectivity index (χ1n) is 14.2. The second kappa shape index (κ2) is 14.6. The number of piperidine rings is 1. The number of anilines is 1. The molecule has 42 heavy (non-hydrogen) atoms. The molecule has 1 fully saturated rings. The van der Waals surface area contributed by atoms with Crippen LogP contribution in [0.1, 0.15) is 43.7 Å². The van der Waals surface area contributed by atoms with Crippen LogP contribution in [0.5, 0.6) is 11.5 Å². The highest BCUT2D eigenvalue weighted by molar-refractivity contribution is 7.88. The molecule has 0 aromatic heterocycles. The van der Waals surface area contributed by atoms with Gasteiger partial charge in [-0.2, -0.15) is 0 Å². The fourth-order valence-electron chi connectivity index (χ4n) is 4.78. The third-order valence-corrected chi connectivity index (χ3v) is 7.79. The standard InChI is InChI=1S/C31H38F2N4O4S/c1-3-4-17-37(30-14-9-25(32)20-29(30)33)31(38)35-26-15-18-36(19-16-26)22-24-7-12-28(13-8-24)41-27-10-5-23(6-11-27)21-34-42(2,39)40/h5-14,20,26,34H,3-4,15-19,21-22H2,1-2H3,(H,35,38). The Labute approximate surface area is 246 Å². The van der Waals surface area contributed by atoms with Crippen molar-refractivity contribution in [3.63, 3.8) is 0 Å². The van der Waals surface area contributed by atoms with E-state index in [4.69, 9.17) is 4.74 Å². The van der Waals surface area contributed by atoms with Crippen LogP contribution >= 0.6 is 0 Å². The predicted octanol–water partition coefficient (Wildman–Crippen LogP) is 5.79. The van der Waals surface area contributed by atoms with Crippen molar-refractivity contribution in [1.29, 1.82) is 0 Å². The summed E-state index contributed by atoms with van der Waals surface area (Å²) in [4.78, 5) is 16.8. The summed E-state index contributed by atoms with van der Waals surface area (Å²) in [5, 5.41) is 3.05. The van der Waals surface area contributed by atoms with E-state index in [0.717, 1.165) is 62.3 Å². The van der Waals surface area contributed by atoms with Gasteiger partial charge in [0.15, 0.2) is 0 Å². The Morgan fingerprint density at radius 2 is 1.60 bits per heavy atom. The lowest BCUT2D eigenvalue weighted by Gasteiger charge is -2.34. The van der Waals surface area contributed by atoms with Crippen LogP contribution in [-0.4, -0.2) is 51.3 Å². The van der Waals surface area contributed by atoms with E-state index in [1.165, 1.54) is 17.0 Å². The first-order valence-corrected chi connectivity index (χ1v) is 16.0. The van der Waals surface area contributed by atoms with Gasteiger partial charge in [0.05, 0.1) is 11.9 Å². The lowest BCUT2D eigenvalue weighted by molar-refractivity contribution is 0.188. The quantitative estimate of drug-likeness (QED) is 0.275.